The second-order valence-corrected chi connectivity index (χ2v) is 10.0. The molecule has 176 valence electrons. The first-order valence-electron chi connectivity index (χ1n) is 10.9. The van der Waals surface area contributed by atoms with Gasteiger partial charge >= 0.3 is 0 Å². The third-order valence-corrected chi connectivity index (χ3v) is 7.29. The molecule has 0 saturated heterocycles. The lowest BCUT2D eigenvalue weighted by Crippen LogP contribution is -2.28. The zero-order valence-electron chi connectivity index (χ0n) is 19.4. The predicted molar refractivity (Wildman–Crippen MR) is 130 cm³/mol. The molecule has 1 N–H and O–H groups in total. The summed E-state index contributed by atoms with van der Waals surface area (Å²) in [5.41, 5.74) is 3.37. The number of aryl methyl sites for hydroxylation is 3. The number of benzene rings is 2. The second kappa shape index (κ2) is 9.36. The quantitative estimate of drug-likeness (QED) is 0.432. The molecule has 0 saturated carbocycles. The maximum Gasteiger partial charge on any atom is 0.271 e. The van der Waals surface area contributed by atoms with E-state index in [1.807, 2.05) is 37.3 Å². The zero-order chi connectivity index (χ0) is 24.5. The Bertz CT molecular complexity index is 1470. The van der Waals surface area contributed by atoms with Crippen LogP contribution in [0.15, 0.2) is 74.9 Å². The van der Waals surface area contributed by atoms with Gasteiger partial charge in [-0.1, -0.05) is 54.5 Å². The van der Waals surface area contributed by atoms with Crippen molar-refractivity contribution in [2.75, 3.05) is 6.54 Å². The van der Waals surface area contributed by atoms with E-state index >= 15 is 0 Å². The van der Waals surface area contributed by atoms with Crippen LogP contribution in [0.4, 0.5) is 0 Å². The first kappa shape index (κ1) is 23.6. The van der Waals surface area contributed by atoms with Crippen molar-refractivity contribution in [3.05, 3.63) is 93.6 Å². The topological polar surface area (TPSA) is 107 Å². The van der Waals surface area contributed by atoms with Gasteiger partial charge in [-0.05, 0) is 49.9 Å². The molecule has 4 rings (SSSR count). The smallest absolute Gasteiger partial charge is 0.271 e. The lowest BCUT2D eigenvalue weighted by Gasteiger charge is -2.15. The summed E-state index contributed by atoms with van der Waals surface area (Å²) >= 11 is 0. The van der Waals surface area contributed by atoms with Gasteiger partial charge in [0.1, 0.15) is 11.4 Å². The molecule has 0 bridgehead atoms. The van der Waals surface area contributed by atoms with Crippen LogP contribution >= 0.6 is 0 Å². The lowest BCUT2D eigenvalue weighted by molar-refractivity contribution is 0.392. The Morgan fingerprint density at radius 1 is 1.03 bits per heavy atom. The standard InChI is InChI=1S/C25H26N4O4S/c1-16-10-11-21(22-12-13-24(30)29(27-22)25-18(3)28-33-19(25)4)14-23(16)34(31,32)26-15-17(2)20-8-6-5-7-9-20/h5-14,17,26H,15H2,1-4H3. The fourth-order valence-electron chi connectivity index (χ4n) is 3.77. The molecule has 0 radical (unpaired) electrons. The van der Waals surface area contributed by atoms with Gasteiger partial charge in [0.05, 0.1) is 10.6 Å². The van der Waals surface area contributed by atoms with Crippen LogP contribution in [0, 0.1) is 20.8 Å². The normalized spacial score (nSPS) is 12.6. The van der Waals surface area contributed by atoms with Crippen LogP contribution in [0.2, 0.25) is 0 Å². The molecular weight excluding hydrogens is 452 g/mol. The van der Waals surface area contributed by atoms with Crippen molar-refractivity contribution in [3.63, 3.8) is 0 Å². The molecule has 0 aliphatic carbocycles. The number of nitrogens with one attached hydrogen (secondary N) is 1. The molecule has 4 aromatic rings. The first-order chi connectivity index (χ1) is 16.2. The van der Waals surface area contributed by atoms with E-state index in [0.29, 0.717) is 34.0 Å². The van der Waals surface area contributed by atoms with Gasteiger partial charge in [-0.25, -0.2) is 13.1 Å². The van der Waals surface area contributed by atoms with Crippen molar-refractivity contribution in [3.8, 4) is 16.9 Å². The van der Waals surface area contributed by atoms with Gasteiger partial charge in [-0.2, -0.15) is 9.78 Å². The summed E-state index contributed by atoms with van der Waals surface area (Å²) in [6.45, 7) is 7.42. The second-order valence-electron chi connectivity index (χ2n) is 8.29. The summed E-state index contributed by atoms with van der Waals surface area (Å²) in [6, 6.07) is 17.8. The Balaban J connectivity index is 1.66. The Hall–Kier alpha value is -3.56. The van der Waals surface area contributed by atoms with Crippen molar-refractivity contribution in [2.24, 2.45) is 0 Å². The molecule has 1 unspecified atom stereocenters. The third kappa shape index (κ3) is 4.71. The molecule has 34 heavy (non-hydrogen) atoms. The van der Waals surface area contributed by atoms with Crippen molar-refractivity contribution in [1.29, 1.82) is 0 Å². The van der Waals surface area contributed by atoms with Gasteiger partial charge in [0, 0.05) is 18.2 Å². The number of hydrogen-bond donors (Lipinski definition) is 1. The SMILES string of the molecule is Cc1ccc(-c2ccc(=O)n(-c3c(C)noc3C)n2)cc1S(=O)(=O)NCC(C)c1ccccc1. The fourth-order valence-corrected chi connectivity index (χ4v) is 5.17. The summed E-state index contributed by atoms with van der Waals surface area (Å²) in [5, 5.41) is 8.35. The molecule has 0 aliphatic heterocycles. The molecule has 9 heteroatoms. The van der Waals surface area contributed by atoms with Crippen LogP contribution in [-0.2, 0) is 10.0 Å². The molecule has 0 fully saturated rings. The molecule has 0 aliphatic rings. The molecule has 1 atom stereocenters. The van der Waals surface area contributed by atoms with E-state index in [1.165, 1.54) is 10.7 Å². The van der Waals surface area contributed by atoms with Crippen molar-refractivity contribution < 1.29 is 12.9 Å². The third-order valence-electron chi connectivity index (χ3n) is 5.73. The summed E-state index contributed by atoms with van der Waals surface area (Å²) in [6.07, 6.45) is 0. The summed E-state index contributed by atoms with van der Waals surface area (Å²) in [7, 11) is -3.77. The van der Waals surface area contributed by atoms with E-state index < -0.39 is 10.0 Å². The Morgan fingerprint density at radius 3 is 2.44 bits per heavy atom. The largest absolute Gasteiger partial charge is 0.359 e. The monoisotopic (exact) mass is 478 g/mol. The Morgan fingerprint density at radius 2 is 1.76 bits per heavy atom. The average molecular weight is 479 g/mol. The number of rotatable bonds is 7. The van der Waals surface area contributed by atoms with E-state index in [-0.39, 0.29) is 22.9 Å². The van der Waals surface area contributed by atoms with Crippen molar-refractivity contribution in [1.82, 2.24) is 19.7 Å². The minimum absolute atomic E-state index is 0.0136. The van der Waals surface area contributed by atoms with Gasteiger partial charge in [0.2, 0.25) is 10.0 Å². The lowest BCUT2D eigenvalue weighted by atomic mass is 10.0. The highest BCUT2D eigenvalue weighted by atomic mass is 32.2. The molecule has 0 spiro atoms. The molecule has 0 amide bonds. The number of hydrogen-bond acceptors (Lipinski definition) is 6. The highest BCUT2D eigenvalue weighted by molar-refractivity contribution is 7.89. The van der Waals surface area contributed by atoms with Crippen LogP contribution in [0.5, 0.6) is 0 Å². The fraction of sp³-hybridized carbons (Fsp3) is 0.240. The predicted octanol–water partition coefficient (Wildman–Crippen LogP) is 3.89. The van der Waals surface area contributed by atoms with E-state index in [9.17, 15) is 13.2 Å². The summed E-state index contributed by atoms with van der Waals surface area (Å²) in [5.74, 6) is 0.480. The number of nitrogens with zero attached hydrogens (tertiary/aromatic N) is 3. The zero-order valence-corrected chi connectivity index (χ0v) is 20.3. The summed E-state index contributed by atoms with van der Waals surface area (Å²) in [4.78, 5) is 12.6. The molecule has 2 aromatic carbocycles. The highest BCUT2D eigenvalue weighted by Crippen LogP contribution is 2.25. The van der Waals surface area contributed by atoms with Crippen LogP contribution in [0.3, 0.4) is 0 Å². The van der Waals surface area contributed by atoms with Gasteiger partial charge in [0.15, 0.2) is 5.76 Å². The average Bonchev–Trinajstić information content (AvgIpc) is 3.16. The molecule has 2 heterocycles. The van der Waals surface area contributed by atoms with Crippen LogP contribution in [-0.4, -0.2) is 29.9 Å². The number of sulfonamides is 1. The van der Waals surface area contributed by atoms with Gasteiger partial charge < -0.3 is 4.52 Å². The van der Waals surface area contributed by atoms with Gasteiger partial charge in [-0.15, -0.1) is 0 Å². The first-order valence-corrected chi connectivity index (χ1v) is 12.3. The molecule has 8 nitrogen and oxygen atoms in total. The summed E-state index contributed by atoms with van der Waals surface area (Å²) < 4.78 is 35.4. The van der Waals surface area contributed by atoms with Crippen molar-refractivity contribution >= 4 is 10.0 Å². The minimum Gasteiger partial charge on any atom is -0.359 e. The van der Waals surface area contributed by atoms with Crippen LogP contribution < -0.4 is 10.3 Å². The van der Waals surface area contributed by atoms with Crippen LogP contribution in [0.25, 0.3) is 16.9 Å². The van der Waals surface area contributed by atoms with Gasteiger partial charge in [-0.3, -0.25) is 4.79 Å². The Labute approximate surface area is 198 Å². The number of aromatic nitrogens is 3. The molecule has 2 aromatic heterocycles. The Kier molecular flexibility index (Phi) is 6.49. The van der Waals surface area contributed by atoms with Crippen LogP contribution in [0.1, 0.15) is 35.4 Å². The maximum atomic E-state index is 13.2. The van der Waals surface area contributed by atoms with E-state index in [2.05, 4.69) is 15.0 Å². The highest BCUT2D eigenvalue weighted by Gasteiger charge is 2.20. The van der Waals surface area contributed by atoms with E-state index in [0.717, 1.165) is 5.56 Å². The van der Waals surface area contributed by atoms with Crippen molar-refractivity contribution in [2.45, 2.75) is 38.5 Å². The van der Waals surface area contributed by atoms with E-state index in [4.69, 9.17) is 4.52 Å². The maximum absolute atomic E-state index is 13.2. The molecular formula is C25H26N4O4S. The van der Waals surface area contributed by atoms with E-state index in [1.54, 1.807) is 45.0 Å². The minimum atomic E-state index is -3.77. The van der Waals surface area contributed by atoms with Gasteiger partial charge in [0.25, 0.3) is 5.56 Å².